The molecular formula is C23H22N4O3S. The van der Waals surface area contributed by atoms with Crippen LogP contribution < -0.4 is 10.1 Å². The summed E-state index contributed by atoms with van der Waals surface area (Å²) in [6.07, 6.45) is 1.72. The van der Waals surface area contributed by atoms with Gasteiger partial charge in [-0.3, -0.25) is 9.20 Å². The normalized spacial score (nSPS) is 16.4. The number of carbonyl (C=O) groups excluding carboxylic acids is 1. The second-order valence-corrected chi connectivity index (χ2v) is 8.19. The predicted molar refractivity (Wildman–Crippen MR) is 120 cm³/mol. The first kappa shape index (κ1) is 19.6. The summed E-state index contributed by atoms with van der Waals surface area (Å²) in [6.45, 7) is 1.57. The van der Waals surface area contributed by atoms with Gasteiger partial charge in [0, 0.05) is 18.4 Å². The number of thiophene rings is 1. The molecule has 4 aromatic rings. The Balaban J connectivity index is 1.38. The monoisotopic (exact) mass is 434 g/mol. The van der Waals surface area contributed by atoms with Gasteiger partial charge in [0.25, 0.3) is 5.91 Å². The van der Waals surface area contributed by atoms with Crippen LogP contribution in [0.5, 0.6) is 5.75 Å². The first-order chi connectivity index (χ1) is 15.2. The van der Waals surface area contributed by atoms with Gasteiger partial charge in [-0.15, -0.1) is 11.3 Å². The number of nitrogens with one attached hydrogen (secondary N) is 1. The van der Waals surface area contributed by atoms with Crippen LogP contribution in [0.4, 0.5) is 11.5 Å². The zero-order valence-corrected chi connectivity index (χ0v) is 17.8. The molecule has 0 saturated carbocycles. The molecule has 0 aliphatic carbocycles. The van der Waals surface area contributed by atoms with E-state index in [0.29, 0.717) is 19.7 Å². The Morgan fingerprint density at radius 3 is 2.84 bits per heavy atom. The number of hydrogen-bond donors (Lipinski definition) is 1. The molecule has 1 saturated heterocycles. The topological polar surface area (TPSA) is 68.1 Å². The van der Waals surface area contributed by atoms with Crippen molar-refractivity contribution in [3.63, 3.8) is 0 Å². The molecule has 1 N–H and O–H groups in total. The molecule has 4 heterocycles. The molecule has 31 heavy (non-hydrogen) atoms. The van der Waals surface area contributed by atoms with E-state index in [0.717, 1.165) is 33.5 Å². The van der Waals surface area contributed by atoms with Crippen molar-refractivity contribution in [3.8, 4) is 5.75 Å². The van der Waals surface area contributed by atoms with Crippen molar-refractivity contribution in [2.75, 3.05) is 32.1 Å². The summed E-state index contributed by atoms with van der Waals surface area (Å²) in [7, 11) is 1.65. The molecule has 8 heteroatoms. The maximum atomic E-state index is 12.7. The smallest absolute Gasteiger partial charge is 0.264 e. The Kier molecular flexibility index (Phi) is 5.31. The highest BCUT2D eigenvalue weighted by atomic mass is 32.1. The minimum Gasteiger partial charge on any atom is -0.497 e. The number of methoxy groups -OCH3 is 1. The molecule has 1 aromatic carbocycles. The molecule has 1 aliphatic heterocycles. The van der Waals surface area contributed by atoms with Gasteiger partial charge >= 0.3 is 0 Å². The second-order valence-electron chi connectivity index (χ2n) is 7.25. The summed E-state index contributed by atoms with van der Waals surface area (Å²) in [4.78, 5) is 20.1. The van der Waals surface area contributed by atoms with Crippen molar-refractivity contribution in [2.45, 2.75) is 6.10 Å². The molecule has 1 amide bonds. The van der Waals surface area contributed by atoms with Gasteiger partial charge in [-0.05, 0) is 47.8 Å². The number of amides is 1. The molecule has 0 unspecified atom stereocenters. The number of imidazole rings is 1. The lowest BCUT2D eigenvalue weighted by molar-refractivity contribution is -0.0243. The Morgan fingerprint density at radius 1 is 1.19 bits per heavy atom. The number of benzene rings is 1. The third-order valence-corrected chi connectivity index (χ3v) is 6.15. The standard InChI is InChI=1S/C23H22N4O3S/c1-29-17-9-7-16(8-10-17)24-21-5-2-6-22-25-18(14-27(21)22)19-15-26(11-12-30-19)23(28)20-4-3-13-31-20/h2-10,13-14,19,24H,11-12,15H2,1H3/t19-/m1/s1. The number of rotatable bonds is 5. The fourth-order valence-electron chi connectivity index (χ4n) is 3.68. The number of aromatic nitrogens is 2. The van der Waals surface area contributed by atoms with Gasteiger partial charge in [-0.1, -0.05) is 12.1 Å². The summed E-state index contributed by atoms with van der Waals surface area (Å²) in [5, 5.41) is 5.34. The number of ether oxygens (including phenoxy) is 2. The highest BCUT2D eigenvalue weighted by molar-refractivity contribution is 7.12. The SMILES string of the molecule is COc1ccc(Nc2cccc3nc([C@H]4CN(C(=O)c5cccs5)CCO4)cn23)cc1. The van der Waals surface area contributed by atoms with E-state index in [2.05, 4.69) is 5.32 Å². The zero-order valence-electron chi connectivity index (χ0n) is 17.0. The lowest BCUT2D eigenvalue weighted by Crippen LogP contribution is -2.42. The molecule has 0 spiro atoms. The van der Waals surface area contributed by atoms with Crippen LogP contribution in [0.15, 0.2) is 66.2 Å². The summed E-state index contributed by atoms with van der Waals surface area (Å²) < 4.78 is 13.2. The minimum atomic E-state index is -0.258. The maximum Gasteiger partial charge on any atom is 0.264 e. The van der Waals surface area contributed by atoms with E-state index in [1.54, 1.807) is 7.11 Å². The summed E-state index contributed by atoms with van der Waals surface area (Å²) in [6, 6.07) is 17.4. The van der Waals surface area contributed by atoms with E-state index >= 15 is 0 Å². The molecule has 0 bridgehead atoms. The third kappa shape index (κ3) is 3.99. The number of morpholine rings is 1. The van der Waals surface area contributed by atoms with Crippen LogP contribution in [-0.4, -0.2) is 47.0 Å². The zero-order chi connectivity index (χ0) is 21.2. The average molecular weight is 435 g/mol. The molecule has 7 nitrogen and oxygen atoms in total. The Morgan fingerprint density at radius 2 is 2.06 bits per heavy atom. The predicted octanol–water partition coefficient (Wildman–Crippen LogP) is 4.36. The van der Waals surface area contributed by atoms with Gasteiger partial charge in [0.2, 0.25) is 0 Å². The minimum absolute atomic E-state index is 0.0499. The summed E-state index contributed by atoms with van der Waals surface area (Å²) in [5.41, 5.74) is 2.58. The van der Waals surface area contributed by atoms with Gasteiger partial charge in [-0.25, -0.2) is 4.98 Å². The van der Waals surface area contributed by atoms with Gasteiger partial charge in [0.1, 0.15) is 23.3 Å². The molecule has 158 valence electrons. The molecule has 3 aromatic heterocycles. The molecular weight excluding hydrogens is 412 g/mol. The molecule has 1 fully saturated rings. The van der Waals surface area contributed by atoms with Gasteiger partial charge < -0.3 is 19.7 Å². The van der Waals surface area contributed by atoms with Gasteiger partial charge in [0.15, 0.2) is 0 Å². The van der Waals surface area contributed by atoms with E-state index in [-0.39, 0.29) is 12.0 Å². The van der Waals surface area contributed by atoms with Crippen LogP contribution in [-0.2, 0) is 4.74 Å². The van der Waals surface area contributed by atoms with E-state index in [1.807, 2.05) is 75.5 Å². The number of nitrogens with zero attached hydrogens (tertiary/aromatic N) is 3. The maximum absolute atomic E-state index is 12.7. The molecule has 0 radical (unpaired) electrons. The van der Waals surface area contributed by atoms with Crippen molar-refractivity contribution in [3.05, 3.63) is 76.7 Å². The lowest BCUT2D eigenvalue weighted by Gasteiger charge is -2.31. The van der Waals surface area contributed by atoms with Crippen molar-refractivity contribution in [1.29, 1.82) is 0 Å². The van der Waals surface area contributed by atoms with Crippen LogP contribution in [0.2, 0.25) is 0 Å². The number of anilines is 2. The molecule has 1 aliphatic rings. The lowest BCUT2D eigenvalue weighted by atomic mass is 10.2. The van der Waals surface area contributed by atoms with Crippen LogP contribution >= 0.6 is 11.3 Å². The van der Waals surface area contributed by atoms with E-state index in [4.69, 9.17) is 14.5 Å². The number of pyridine rings is 1. The van der Waals surface area contributed by atoms with Gasteiger partial charge in [-0.2, -0.15) is 0 Å². The number of carbonyl (C=O) groups is 1. The summed E-state index contributed by atoms with van der Waals surface area (Å²) in [5.74, 6) is 1.75. The quantitative estimate of drug-likeness (QED) is 0.505. The van der Waals surface area contributed by atoms with Crippen molar-refractivity contribution >= 4 is 34.4 Å². The first-order valence-corrected chi connectivity index (χ1v) is 10.9. The van der Waals surface area contributed by atoms with Crippen molar-refractivity contribution in [2.24, 2.45) is 0 Å². The van der Waals surface area contributed by atoms with Crippen LogP contribution in [0, 0.1) is 0 Å². The van der Waals surface area contributed by atoms with Crippen molar-refractivity contribution < 1.29 is 14.3 Å². The Bertz CT molecular complexity index is 1190. The Hall–Kier alpha value is -3.36. The number of fused-ring (bicyclic) bond motifs is 1. The highest BCUT2D eigenvalue weighted by Crippen LogP contribution is 2.27. The fraction of sp³-hybridized carbons (Fsp3) is 0.217. The molecule has 5 rings (SSSR count). The number of hydrogen-bond acceptors (Lipinski definition) is 6. The van der Waals surface area contributed by atoms with Crippen LogP contribution in [0.25, 0.3) is 5.65 Å². The van der Waals surface area contributed by atoms with E-state index in [9.17, 15) is 4.79 Å². The second kappa shape index (κ2) is 8.41. The first-order valence-electron chi connectivity index (χ1n) is 10.0. The van der Waals surface area contributed by atoms with E-state index in [1.165, 1.54) is 11.3 Å². The Labute approximate surface area is 183 Å². The van der Waals surface area contributed by atoms with Crippen molar-refractivity contribution in [1.82, 2.24) is 14.3 Å². The van der Waals surface area contributed by atoms with Crippen LogP contribution in [0.3, 0.4) is 0 Å². The average Bonchev–Trinajstić information content (AvgIpc) is 3.50. The fourth-order valence-corrected chi connectivity index (χ4v) is 4.37. The highest BCUT2D eigenvalue weighted by Gasteiger charge is 2.28. The third-order valence-electron chi connectivity index (χ3n) is 5.29. The molecule has 1 atom stereocenters. The van der Waals surface area contributed by atoms with E-state index < -0.39 is 0 Å². The largest absolute Gasteiger partial charge is 0.497 e. The van der Waals surface area contributed by atoms with Crippen LogP contribution in [0.1, 0.15) is 21.5 Å². The summed E-state index contributed by atoms with van der Waals surface area (Å²) >= 11 is 1.46. The van der Waals surface area contributed by atoms with Gasteiger partial charge in [0.05, 0.1) is 30.8 Å².